The van der Waals surface area contributed by atoms with Crippen LogP contribution in [-0.2, 0) is 9.53 Å². The SMILES string of the molecule is C=C/C(=C\C=C/C)COCC(=O)NC.CC. The first kappa shape index (κ1) is 17.1. The summed E-state index contributed by atoms with van der Waals surface area (Å²) >= 11 is 0. The van der Waals surface area contributed by atoms with Crippen LogP contribution in [0, 0.1) is 0 Å². The van der Waals surface area contributed by atoms with Gasteiger partial charge in [-0.15, -0.1) is 0 Å². The maximum atomic E-state index is 10.8. The van der Waals surface area contributed by atoms with E-state index in [-0.39, 0.29) is 12.5 Å². The predicted molar refractivity (Wildman–Crippen MR) is 69.3 cm³/mol. The van der Waals surface area contributed by atoms with Crippen molar-refractivity contribution in [3.05, 3.63) is 36.5 Å². The third kappa shape index (κ3) is 10.7. The average Bonchev–Trinajstić information content (AvgIpc) is 2.35. The van der Waals surface area contributed by atoms with Gasteiger partial charge in [0.25, 0.3) is 0 Å². The lowest BCUT2D eigenvalue weighted by Gasteiger charge is -2.03. The van der Waals surface area contributed by atoms with E-state index < -0.39 is 0 Å². The molecule has 92 valence electrons. The van der Waals surface area contributed by atoms with Crippen molar-refractivity contribution in [3.8, 4) is 0 Å². The predicted octanol–water partition coefficient (Wildman–Crippen LogP) is 2.46. The van der Waals surface area contributed by atoms with Crippen LogP contribution in [0.4, 0.5) is 0 Å². The van der Waals surface area contributed by atoms with Crippen LogP contribution < -0.4 is 5.32 Å². The lowest BCUT2D eigenvalue weighted by atomic mass is 10.2. The molecule has 0 unspecified atom stereocenters. The van der Waals surface area contributed by atoms with Crippen molar-refractivity contribution in [3.63, 3.8) is 0 Å². The Hall–Kier alpha value is -1.35. The molecule has 0 rings (SSSR count). The van der Waals surface area contributed by atoms with E-state index in [9.17, 15) is 4.79 Å². The van der Waals surface area contributed by atoms with Crippen LogP contribution in [0.2, 0.25) is 0 Å². The highest BCUT2D eigenvalue weighted by atomic mass is 16.5. The van der Waals surface area contributed by atoms with E-state index in [0.717, 1.165) is 5.57 Å². The van der Waals surface area contributed by atoms with Gasteiger partial charge in [0.05, 0.1) is 6.61 Å². The number of hydrogen-bond acceptors (Lipinski definition) is 2. The number of likely N-dealkylation sites (N-methyl/N-ethyl adjacent to an activating group) is 1. The minimum absolute atomic E-state index is 0.0809. The summed E-state index contributed by atoms with van der Waals surface area (Å²) in [7, 11) is 1.58. The highest BCUT2D eigenvalue weighted by Crippen LogP contribution is 1.97. The van der Waals surface area contributed by atoms with Crippen molar-refractivity contribution < 1.29 is 9.53 Å². The average molecular weight is 225 g/mol. The number of allylic oxidation sites excluding steroid dienone is 3. The van der Waals surface area contributed by atoms with Gasteiger partial charge in [-0.2, -0.15) is 0 Å². The Morgan fingerprint density at radius 1 is 1.38 bits per heavy atom. The van der Waals surface area contributed by atoms with E-state index >= 15 is 0 Å². The molecule has 0 aliphatic heterocycles. The number of ether oxygens (including phenoxy) is 1. The van der Waals surface area contributed by atoms with Crippen molar-refractivity contribution in [1.82, 2.24) is 5.32 Å². The topological polar surface area (TPSA) is 38.3 Å². The normalized spacial score (nSPS) is 10.6. The van der Waals surface area contributed by atoms with Gasteiger partial charge >= 0.3 is 0 Å². The van der Waals surface area contributed by atoms with Gasteiger partial charge in [0.15, 0.2) is 0 Å². The minimum Gasteiger partial charge on any atom is -0.367 e. The molecule has 0 saturated carbocycles. The van der Waals surface area contributed by atoms with E-state index in [4.69, 9.17) is 4.74 Å². The summed E-state index contributed by atoms with van der Waals surface area (Å²) in [5.74, 6) is -0.126. The minimum atomic E-state index is -0.126. The molecule has 3 heteroatoms. The number of nitrogens with one attached hydrogen (secondary N) is 1. The molecule has 0 saturated heterocycles. The van der Waals surface area contributed by atoms with Crippen molar-refractivity contribution in [2.75, 3.05) is 20.3 Å². The largest absolute Gasteiger partial charge is 0.367 e. The molecule has 0 heterocycles. The van der Waals surface area contributed by atoms with E-state index in [1.807, 2.05) is 39.0 Å². The number of amides is 1. The lowest BCUT2D eigenvalue weighted by Crippen LogP contribution is -2.23. The smallest absolute Gasteiger partial charge is 0.245 e. The van der Waals surface area contributed by atoms with Gasteiger partial charge in [-0.05, 0) is 12.5 Å². The molecule has 0 aromatic rings. The fraction of sp³-hybridized carbons (Fsp3) is 0.462. The molecule has 0 bridgehead atoms. The summed E-state index contributed by atoms with van der Waals surface area (Å²) in [6.07, 6.45) is 7.43. The second kappa shape index (κ2) is 13.7. The third-order valence-corrected chi connectivity index (χ3v) is 1.55. The van der Waals surface area contributed by atoms with E-state index in [1.54, 1.807) is 13.1 Å². The molecular formula is C13H23NO2. The zero-order chi connectivity index (χ0) is 12.8. The summed E-state index contributed by atoms with van der Waals surface area (Å²) in [5, 5.41) is 2.48. The Bertz CT molecular complexity index is 242. The van der Waals surface area contributed by atoms with E-state index in [2.05, 4.69) is 11.9 Å². The molecule has 1 amide bonds. The Balaban J connectivity index is 0. The Labute approximate surface area is 98.9 Å². The first-order valence-electron chi connectivity index (χ1n) is 5.47. The van der Waals surface area contributed by atoms with Crippen molar-refractivity contribution >= 4 is 5.91 Å². The van der Waals surface area contributed by atoms with Crippen molar-refractivity contribution in [2.24, 2.45) is 0 Å². The van der Waals surface area contributed by atoms with Gasteiger partial charge < -0.3 is 10.1 Å². The van der Waals surface area contributed by atoms with Gasteiger partial charge in [0.1, 0.15) is 6.61 Å². The lowest BCUT2D eigenvalue weighted by molar-refractivity contribution is -0.124. The third-order valence-electron chi connectivity index (χ3n) is 1.55. The highest BCUT2D eigenvalue weighted by Gasteiger charge is 1.97. The van der Waals surface area contributed by atoms with Crippen LogP contribution in [0.25, 0.3) is 0 Å². The fourth-order valence-corrected chi connectivity index (χ4v) is 0.729. The monoisotopic (exact) mass is 225 g/mol. The van der Waals surface area contributed by atoms with Crippen LogP contribution in [-0.4, -0.2) is 26.2 Å². The maximum absolute atomic E-state index is 10.8. The molecule has 0 atom stereocenters. The highest BCUT2D eigenvalue weighted by molar-refractivity contribution is 5.76. The molecule has 1 N–H and O–H groups in total. The summed E-state index contributed by atoms with van der Waals surface area (Å²) in [4.78, 5) is 10.8. The molecule has 0 aromatic carbocycles. The van der Waals surface area contributed by atoms with Gasteiger partial charge in [-0.25, -0.2) is 0 Å². The Morgan fingerprint density at radius 3 is 2.44 bits per heavy atom. The number of rotatable bonds is 6. The quantitative estimate of drug-likeness (QED) is 0.705. The fourth-order valence-electron chi connectivity index (χ4n) is 0.729. The van der Waals surface area contributed by atoms with Crippen LogP contribution in [0.5, 0.6) is 0 Å². The molecule has 0 fully saturated rings. The van der Waals surface area contributed by atoms with Gasteiger partial charge in [-0.1, -0.05) is 44.7 Å². The Kier molecular flexibility index (Phi) is 14.6. The molecule has 0 aromatic heterocycles. The molecular weight excluding hydrogens is 202 g/mol. The second-order valence-electron chi connectivity index (χ2n) is 2.64. The summed E-state index contributed by atoms with van der Waals surface area (Å²) in [5.41, 5.74) is 0.951. The number of carbonyl (C=O) groups excluding carboxylic acids is 1. The van der Waals surface area contributed by atoms with Gasteiger partial charge in [0.2, 0.25) is 5.91 Å². The van der Waals surface area contributed by atoms with Crippen molar-refractivity contribution in [1.29, 1.82) is 0 Å². The molecule has 16 heavy (non-hydrogen) atoms. The molecule has 0 spiro atoms. The zero-order valence-electron chi connectivity index (χ0n) is 10.7. The maximum Gasteiger partial charge on any atom is 0.245 e. The molecule has 0 radical (unpaired) electrons. The van der Waals surface area contributed by atoms with E-state index in [0.29, 0.717) is 6.61 Å². The molecule has 3 nitrogen and oxygen atoms in total. The standard InChI is InChI=1S/C11H17NO2.C2H6/c1-4-6-7-10(5-2)8-14-9-11(13)12-3;1-2/h4-7H,2,8-9H2,1,3H3,(H,12,13);1-2H3/b6-4-,10-7+;. The number of hydrogen-bond donors (Lipinski definition) is 1. The van der Waals surface area contributed by atoms with Crippen LogP contribution in [0.15, 0.2) is 36.5 Å². The van der Waals surface area contributed by atoms with Crippen LogP contribution in [0.1, 0.15) is 20.8 Å². The molecule has 0 aliphatic carbocycles. The zero-order valence-corrected chi connectivity index (χ0v) is 10.7. The van der Waals surface area contributed by atoms with Crippen LogP contribution in [0.3, 0.4) is 0 Å². The summed E-state index contributed by atoms with van der Waals surface area (Å²) < 4.78 is 5.15. The summed E-state index contributed by atoms with van der Waals surface area (Å²) in [6.45, 7) is 10.1. The van der Waals surface area contributed by atoms with Gasteiger partial charge in [-0.3, -0.25) is 4.79 Å². The van der Waals surface area contributed by atoms with Crippen molar-refractivity contribution in [2.45, 2.75) is 20.8 Å². The van der Waals surface area contributed by atoms with Crippen LogP contribution >= 0.6 is 0 Å². The second-order valence-corrected chi connectivity index (χ2v) is 2.64. The van der Waals surface area contributed by atoms with E-state index in [1.165, 1.54) is 0 Å². The number of carbonyl (C=O) groups is 1. The Morgan fingerprint density at radius 2 is 2.00 bits per heavy atom. The first-order valence-corrected chi connectivity index (χ1v) is 5.47. The molecule has 0 aliphatic rings. The first-order chi connectivity index (χ1) is 7.74. The van der Waals surface area contributed by atoms with Gasteiger partial charge in [0, 0.05) is 7.05 Å². The summed E-state index contributed by atoms with van der Waals surface area (Å²) in [6, 6.07) is 0.